The Morgan fingerprint density at radius 1 is 1.19 bits per heavy atom. The van der Waals surface area contributed by atoms with Crippen LogP contribution in [0.1, 0.15) is 54.9 Å². The Hall–Kier alpha value is -2.22. The molecule has 3 heterocycles. The van der Waals surface area contributed by atoms with Crippen molar-refractivity contribution in [1.82, 2.24) is 15.6 Å². The van der Waals surface area contributed by atoms with Crippen LogP contribution in [0.2, 0.25) is 0 Å². The van der Waals surface area contributed by atoms with E-state index < -0.39 is 0 Å². The highest BCUT2D eigenvalue weighted by atomic mass is 16.5. The minimum absolute atomic E-state index is 0.150. The van der Waals surface area contributed by atoms with Crippen LogP contribution in [0.25, 0.3) is 10.9 Å². The first-order valence-corrected chi connectivity index (χ1v) is 11.6. The molecule has 2 aliphatic heterocycles. The van der Waals surface area contributed by atoms with Crippen LogP contribution in [0.4, 0.5) is 5.82 Å². The first-order chi connectivity index (χ1) is 15.0. The molecule has 7 nitrogen and oxygen atoms in total. The fraction of sp³-hybridized carbons (Fsp3) is 0.583. The number of benzene rings is 1. The summed E-state index contributed by atoms with van der Waals surface area (Å²) in [5, 5.41) is 7.71. The lowest BCUT2D eigenvalue weighted by Crippen LogP contribution is -2.48. The quantitative estimate of drug-likeness (QED) is 0.617. The van der Waals surface area contributed by atoms with Gasteiger partial charge in [0.05, 0.1) is 17.2 Å². The third-order valence-electron chi connectivity index (χ3n) is 6.44. The molecule has 2 aromatic rings. The number of carbonyl (C=O) groups excluding carboxylic acids is 1. The number of hydrogen-bond acceptors (Lipinski definition) is 6. The molecule has 1 aromatic heterocycles. The van der Waals surface area contributed by atoms with E-state index in [1.54, 1.807) is 0 Å². The summed E-state index contributed by atoms with van der Waals surface area (Å²) in [7, 11) is 0. The smallest absolute Gasteiger partial charge is 0.256 e. The van der Waals surface area contributed by atoms with E-state index in [0.29, 0.717) is 24.1 Å². The van der Waals surface area contributed by atoms with Crippen molar-refractivity contribution in [1.29, 1.82) is 0 Å². The number of hydrogen-bond donors (Lipinski definition) is 3. The average molecular weight is 426 g/mol. The summed E-state index contributed by atoms with van der Waals surface area (Å²) < 4.78 is 5.47. The monoisotopic (exact) mass is 425 g/mol. The number of pyridine rings is 1. The Balaban J connectivity index is 1.53. The zero-order chi connectivity index (χ0) is 21.8. The lowest BCUT2D eigenvalue weighted by Gasteiger charge is -2.36. The maximum atomic E-state index is 13.1. The number of nitrogens with two attached hydrogens (primary N) is 1. The van der Waals surface area contributed by atoms with Crippen LogP contribution >= 0.6 is 0 Å². The van der Waals surface area contributed by atoms with E-state index >= 15 is 0 Å². The summed E-state index contributed by atoms with van der Waals surface area (Å²) in [6.07, 6.45) is 4.59. The molecule has 4 N–H and O–H groups in total. The van der Waals surface area contributed by atoms with Crippen molar-refractivity contribution in [3.63, 3.8) is 0 Å². The van der Waals surface area contributed by atoms with Gasteiger partial charge in [-0.15, -0.1) is 0 Å². The van der Waals surface area contributed by atoms with E-state index in [1.807, 2.05) is 19.1 Å². The fourth-order valence-electron chi connectivity index (χ4n) is 4.50. The van der Waals surface area contributed by atoms with Crippen LogP contribution < -0.4 is 21.3 Å². The normalized spacial score (nSPS) is 19.5. The van der Waals surface area contributed by atoms with Crippen LogP contribution in [0.3, 0.4) is 0 Å². The van der Waals surface area contributed by atoms with E-state index in [1.165, 1.54) is 0 Å². The molecule has 0 saturated carbocycles. The largest absolute Gasteiger partial charge is 0.381 e. The summed E-state index contributed by atoms with van der Waals surface area (Å²) in [5.74, 6) is 0.615. The second-order valence-corrected chi connectivity index (χ2v) is 8.86. The molecule has 2 aliphatic rings. The number of nitrogens with one attached hydrogen (secondary N) is 2. The average Bonchev–Trinajstić information content (AvgIpc) is 2.79. The third kappa shape index (κ3) is 5.34. The maximum Gasteiger partial charge on any atom is 0.256 e. The second kappa shape index (κ2) is 9.94. The minimum Gasteiger partial charge on any atom is -0.381 e. The number of amides is 1. The number of ether oxygens (including phenoxy) is 1. The zero-order valence-electron chi connectivity index (χ0n) is 18.7. The van der Waals surface area contributed by atoms with Gasteiger partial charge in [-0.1, -0.05) is 18.6 Å². The second-order valence-electron chi connectivity index (χ2n) is 8.86. The molecule has 4 rings (SSSR count). The van der Waals surface area contributed by atoms with Crippen molar-refractivity contribution in [2.24, 2.45) is 5.73 Å². The lowest BCUT2D eigenvalue weighted by molar-refractivity contribution is 0.0738. The number of aromatic nitrogens is 1. The number of aryl methyl sites for hydroxylation is 1. The molecule has 2 saturated heterocycles. The molecule has 1 aromatic carbocycles. The molecular weight excluding hydrogens is 390 g/mol. The van der Waals surface area contributed by atoms with Gasteiger partial charge in [-0.3, -0.25) is 4.79 Å². The standard InChI is InChI=1S/C24H35N5O2/c1-3-22(25)28-24(30)20-15-17-14-16(2)4-5-21(17)27-23(20)29-10-6-18(7-11-29)26-19-8-12-31-13-9-19/h4-5,14-15,18-19,22,26H,3,6-13,25H2,1-2H3,(H,28,30). The third-order valence-corrected chi connectivity index (χ3v) is 6.44. The molecule has 7 heteroatoms. The number of anilines is 1. The van der Waals surface area contributed by atoms with Crippen molar-refractivity contribution < 1.29 is 9.53 Å². The van der Waals surface area contributed by atoms with Crippen molar-refractivity contribution in [2.75, 3.05) is 31.2 Å². The summed E-state index contributed by atoms with van der Waals surface area (Å²) in [4.78, 5) is 20.2. The molecule has 1 amide bonds. The Morgan fingerprint density at radius 3 is 2.61 bits per heavy atom. The minimum atomic E-state index is -0.358. The van der Waals surface area contributed by atoms with Gasteiger partial charge in [-0.05, 0) is 57.2 Å². The van der Waals surface area contributed by atoms with E-state index in [-0.39, 0.29) is 12.1 Å². The van der Waals surface area contributed by atoms with Gasteiger partial charge in [0.25, 0.3) is 5.91 Å². The molecule has 31 heavy (non-hydrogen) atoms. The number of rotatable bonds is 6. The molecule has 2 fully saturated rings. The van der Waals surface area contributed by atoms with Crippen LogP contribution in [-0.4, -0.2) is 55.4 Å². The molecule has 1 atom stereocenters. The summed E-state index contributed by atoms with van der Waals surface area (Å²) in [6.45, 7) is 7.49. The van der Waals surface area contributed by atoms with Gasteiger partial charge in [0.15, 0.2) is 0 Å². The molecule has 0 aliphatic carbocycles. The fourth-order valence-corrected chi connectivity index (χ4v) is 4.50. The highest BCUT2D eigenvalue weighted by molar-refractivity contribution is 6.02. The number of carbonyl (C=O) groups is 1. The van der Waals surface area contributed by atoms with Crippen molar-refractivity contribution >= 4 is 22.6 Å². The van der Waals surface area contributed by atoms with Crippen molar-refractivity contribution in [3.05, 3.63) is 35.4 Å². The Kier molecular flexibility index (Phi) is 7.05. The molecular formula is C24H35N5O2. The number of fused-ring (bicyclic) bond motifs is 1. The molecule has 1 unspecified atom stereocenters. The van der Waals surface area contributed by atoms with Crippen LogP contribution in [0.5, 0.6) is 0 Å². The predicted octanol–water partition coefficient (Wildman–Crippen LogP) is 2.71. The molecule has 168 valence electrons. The van der Waals surface area contributed by atoms with Gasteiger partial charge in [-0.25, -0.2) is 4.98 Å². The van der Waals surface area contributed by atoms with Crippen LogP contribution in [0.15, 0.2) is 24.3 Å². The molecule has 0 radical (unpaired) electrons. The first kappa shape index (κ1) is 22.0. The van der Waals surface area contributed by atoms with Gasteiger partial charge in [-0.2, -0.15) is 0 Å². The van der Waals surface area contributed by atoms with Gasteiger partial charge >= 0.3 is 0 Å². The van der Waals surface area contributed by atoms with E-state index in [2.05, 4.69) is 34.6 Å². The summed E-state index contributed by atoms with van der Waals surface area (Å²) in [5.41, 5.74) is 8.68. The van der Waals surface area contributed by atoms with Crippen LogP contribution in [-0.2, 0) is 4.74 Å². The van der Waals surface area contributed by atoms with Gasteiger partial charge < -0.3 is 26.0 Å². The number of nitrogens with zero attached hydrogens (tertiary/aromatic N) is 2. The van der Waals surface area contributed by atoms with Crippen LogP contribution in [0, 0.1) is 6.92 Å². The molecule has 0 spiro atoms. The first-order valence-electron chi connectivity index (χ1n) is 11.6. The summed E-state index contributed by atoms with van der Waals surface area (Å²) in [6, 6.07) is 9.21. The topological polar surface area (TPSA) is 92.5 Å². The lowest BCUT2D eigenvalue weighted by atomic mass is 10.0. The SMILES string of the molecule is CCC(N)NC(=O)c1cc2cc(C)ccc2nc1N1CCC(NC2CCOCC2)CC1. The summed E-state index contributed by atoms with van der Waals surface area (Å²) >= 11 is 0. The van der Waals surface area contributed by atoms with E-state index in [4.69, 9.17) is 15.5 Å². The Bertz CT molecular complexity index is 904. The maximum absolute atomic E-state index is 13.1. The number of piperidine rings is 1. The zero-order valence-corrected chi connectivity index (χ0v) is 18.7. The van der Waals surface area contributed by atoms with Gasteiger partial charge in [0.2, 0.25) is 0 Å². The van der Waals surface area contributed by atoms with E-state index in [0.717, 1.165) is 74.3 Å². The van der Waals surface area contributed by atoms with E-state index in [9.17, 15) is 4.79 Å². The molecule has 0 bridgehead atoms. The Morgan fingerprint density at radius 2 is 1.90 bits per heavy atom. The van der Waals surface area contributed by atoms with Gasteiger partial charge in [0, 0.05) is 43.8 Å². The van der Waals surface area contributed by atoms with Crippen molar-refractivity contribution in [2.45, 2.75) is 64.2 Å². The van der Waals surface area contributed by atoms with Crippen molar-refractivity contribution in [3.8, 4) is 0 Å². The highest BCUT2D eigenvalue weighted by Gasteiger charge is 2.27. The predicted molar refractivity (Wildman–Crippen MR) is 124 cm³/mol. The highest BCUT2D eigenvalue weighted by Crippen LogP contribution is 2.27. The Labute approximate surface area is 184 Å². The van der Waals surface area contributed by atoms with Gasteiger partial charge in [0.1, 0.15) is 5.82 Å².